The molecule has 1 aromatic carbocycles. The highest BCUT2D eigenvalue weighted by Gasteiger charge is 2.38. The number of hydrogen-bond donors (Lipinski definition) is 1. The monoisotopic (exact) mass is 370 g/mol. The minimum atomic E-state index is -3.54. The summed E-state index contributed by atoms with van der Waals surface area (Å²) in [7, 11) is -1.95. The van der Waals surface area contributed by atoms with E-state index in [9.17, 15) is 13.2 Å². The van der Waals surface area contributed by atoms with Crippen LogP contribution in [0.2, 0.25) is 0 Å². The van der Waals surface area contributed by atoms with Crippen molar-refractivity contribution in [3.8, 4) is 0 Å². The molecule has 1 aliphatic rings. The first-order valence-corrected chi connectivity index (χ1v) is 9.82. The largest absolute Gasteiger partial charge is 0.382 e. The van der Waals surface area contributed by atoms with Crippen molar-refractivity contribution in [2.24, 2.45) is 0 Å². The third kappa shape index (κ3) is 5.50. The lowest BCUT2D eigenvalue weighted by atomic mass is 10.2. The van der Waals surface area contributed by atoms with Gasteiger partial charge < -0.3 is 14.8 Å². The van der Waals surface area contributed by atoms with Crippen molar-refractivity contribution in [3.05, 3.63) is 30.3 Å². The van der Waals surface area contributed by atoms with E-state index < -0.39 is 10.0 Å². The van der Waals surface area contributed by atoms with E-state index in [0.717, 1.165) is 0 Å². The number of nitrogens with one attached hydrogen (secondary N) is 1. The summed E-state index contributed by atoms with van der Waals surface area (Å²) in [6.07, 6.45) is 0.850. The lowest BCUT2D eigenvalue weighted by molar-refractivity contribution is -0.122. The number of carbonyl (C=O) groups is 1. The third-order valence-electron chi connectivity index (χ3n) is 4.14. The normalized spacial score (nSPS) is 21.4. The van der Waals surface area contributed by atoms with Crippen molar-refractivity contribution in [1.82, 2.24) is 9.62 Å². The molecule has 0 aliphatic carbocycles. The van der Waals surface area contributed by atoms with Gasteiger partial charge in [0.2, 0.25) is 15.9 Å². The smallest absolute Gasteiger partial charge is 0.243 e. The molecule has 1 heterocycles. The van der Waals surface area contributed by atoms with Crippen LogP contribution in [0.3, 0.4) is 0 Å². The number of carbonyl (C=O) groups excluding carboxylic acids is 1. The number of methoxy groups -OCH3 is 1. The van der Waals surface area contributed by atoms with Gasteiger partial charge in [-0.05, 0) is 25.5 Å². The van der Waals surface area contributed by atoms with Crippen LogP contribution >= 0.6 is 0 Å². The number of hydrogen-bond acceptors (Lipinski definition) is 5. The van der Waals surface area contributed by atoms with Crippen LogP contribution < -0.4 is 5.32 Å². The maximum absolute atomic E-state index is 12.7. The first-order valence-electron chi connectivity index (χ1n) is 8.38. The Morgan fingerprint density at radius 3 is 2.64 bits per heavy atom. The molecule has 1 aromatic rings. The minimum absolute atomic E-state index is 0.131. The molecular formula is C17H26N2O5S. The lowest BCUT2D eigenvalue weighted by Gasteiger charge is -2.20. The molecule has 1 amide bonds. The van der Waals surface area contributed by atoms with Gasteiger partial charge in [0.1, 0.15) is 0 Å². The number of sulfonamides is 1. The molecule has 0 aromatic heterocycles. The van der Waals surface area contributed by atoms with Crippen molar-refractivity contribution < 1.29 is 22.7 Å². The Morgan fingerprint density at radius 2 is 1.96 bits per heavy atom. The molecule has 0 bridgehead atoms. The quantitative estimate of drug-likeness (QED) is 0.656. The van der Waals surface area contributed by atoms with Gasteiger partial charge >= 0.3 is 0 Å². The summed E-state index contributed by atoms with van der Waals surface area (Å²) in [5, 5.41) is 2.90. The van der Waals surface area contributed by atoms with E-state index in [1.54, 1.807) is 37.4 Å². The number of benzene rings is 1. The zero-order chi connectivity index (χ0) is 18.3. The van der Waals surface area contributed by atoms with Gasteiger partial charge in [-0.25, -0.2) is 8.42 Å². The number of ether oxygens (including phenoxy) is 2. The first kappa shape index (κ1) is 19.8. The molecule has 1 saturated heterocycles. The van der Waals surface area contributed by atoms with Crippen molar-refractivity contribution in [2.75, 3.05) is 33.5 Å². The predicted molar refractivity (Wildman–Crippen MR) is 93.7 cm³/mol. The number of nitrogens with zero attached hydrogens (tertiary/aromatic N) is 1. The van der Waals surface area contributed by atoms with Gasteiger partial charge in [-0.3, -0.25) is 4.79 Å². The Labute approximate surface area is 149 Å². The van der Waals surface area contributed by atoms with E-state index in [4.69, 9.17) is 9.47 Å². The first-order chi connectivity index (χ1) is 11.9. The highest BCUT2D eigenvalue weighted by molar-refractivity contribution is 7.89. The van der Waals surface area contributed by atoms with Crippen LogP contribution in [0.4, 0.5) is 0 Å². The Kier molecular flexibility index (Phi) is 7.37. The maximum Gasteiger partial charge on any atom is 0.243 e. The van der Waals surface area contributed by atoms with Gasteiger partial charge in [-0.2, -0.15) is 4.31 Å². The second kappa shape index (κ2) is 9.28. The van der Waals surface area contributed by atoms with Crippen LogP contribution in [0.5, 0.6) is 0 Å². The average Bonchev–Trinajstić information content (AvgIpc) is 2.96. The van der Waals surface area contributed by atoms with Crippen molar-refractivity contribution in [1.29, 1.82) is 0 Å². The maximum atomic E-state index is 12.7. The van der Waals surface area contributed by atoms with E-state index in [-0.39, 0.29) is 35.9 Å². The fourth-order valence-electron chi connectivity index (χ4n) is 2.88. The van der Waals surface area contributed by atoms with E-state index in [1.807, 2.05) is 6.92 Å². The van der Waals surface area contributed by atoms with Crippen LogP contribution in [0.1, 0.15) is 19.8 Å². The van der Waals surface area contributed by atoms with Crippen LogP contribution in [-0.4, -0.2) is 64.2 Å². The molecule has 1 N–H and O–H groups in total. The fourth-order valence-corrected chi connectivity index (χ4v) is 4.59. The molecule has 1 fully saturated rings. The molecule has 0 spiro atoms. The number of rotatable bonds is 9. The Balaban J connectivity index is 1.85. The molecule has 0 unspecified atom stereocenters. The average molecular weight is 370 g/mol. The molecular weight excluding hydrogens is 344 g/mol. The second-order valence-electron chi connectivity index (χ2n) is 6.09. The number of amides is 1. The molecule has 0 radical (unpaired) electrons. The summed E-state index contributed by atoms with van der Waals surface area (Å²) in [4.78, 5) is 12.3. The highest BCUT2D eigenvalue weighted by Crippen LogP contribution is 2.25. The zero-order valence-corrected chi connectivity index (χ0v) is 15.5. The second-order valence-corrected chi connectivity index (χ2v) is 7.98. The van der Waals surface area contributed by atoms with E-state index in [0.29, 0.717) is 26.2 Å². The fraction of sp³-hybridized carbons (Fsp3) is 0.588. The van der Waals surface area contributed by atoms with Gasteiger partial charge in [0, 0.05) is 32.2 Å². The van der Waals surface area contributed by atoms with E-state index in [1.165, 1.54) is 4.31 Å². The van der Waals surface area contributed by atoms with Crippen LogP contribution in [0, 0.1) is 0 Å². The Hall–Kier alpha value is -1.48. The topological polar surface area (TPSA) is 84.9 Å². The van der Waals surface area contributed by atoms with Crippen LogP contribution in [0.15, 0.2) is 35.2 Å². The molecule has 7 nitrogen and oxygen atoms in total. The summed E-state index contributed by atoms with van der Waals surface area (Å²) in [6, 6.07) is 8.03. The SMILES string of the molecule is COCCOCCC(=O)N[C@H]1C[C@@H](C)N(S(=O)(=O)c2ccccc2)C1. The van der Waals surface area contributed by atoms with E-state index >= 15 is 0 Å². The molecule has 140 valence electrons. The zero-order valence-electron chi connectivity index (χ0n) is 14.7. The summed E-state index contributed by atoms with van der Waals surface area (Å²) in [6.45, 7) is 3.42. The van der Waals surface area contributed by atoms with Gasteiger partial charge in [0.25, 0.3) is 0 Å². The Morgan fingerprint density at radius 1 is 1.24 bits per heavy atom. The summed E-state index contributed by atoms with van der Waals surface area (Å²) in [5.41, 5.74) is 0. The van der Waals surface area contributed by atoms with Crippen molar-refractivity contribution >= 4 is 15.9 Å². The standard InChI is InChI=1S/C17H26N2O5S/c1-14-12-15(18-17(20)8-9-24-11-10-23-2)13-19(14)25(21,22)16-6-4-3-5-7-16/h3-7,14-15H,8-13H2,1-2H3,(H,18,20)/t14-,15+/m1/s1. The van der Waals surface area contributed by atoms with Crippen molar-refractivity contribution in [3.63, 3.8) is 0 Å². The van der Waals surface area contributed by atoms with Crippen LogP contribution in [0.25, 0.3) is 0 Å². The summed E-state index contributed by atoms with van der Waals surface area (Å²) in [5.74, 6) is -0.131. The minimum Gasteiger partial charge on any atom is -0.382 e. The summed E-state index contributed by atoms with van der Waals surface area (Å²) < 4.78 is 37.1. The predicted octanol–water partition coefficient (Wildman–Crippen LogP) is 1.01. The molecule has 0 saturated carbocycles. The molecule has 1 aliphatic heterocycles. The van der Waals surface area contributed by atoms with Gasteiger partial charge in [-0.1, -0.05) is 18.2 Å². The van der Waals surface area contributed by atoms with Crippen LogP contribution in [-0.2, 0) is 24.3 Å². The Bertz CT molecular complexity index is 650. The van der Waals surface area contributed by atoms with Crippen molar-refractivity contribution in [2.45, 2.75) is 36.7 Å². The van der Waals surface area contributed by atoms with Gasteiger partial charge in [0.15, 0.2) is 0 Å². The van der Waals surface area contributed by atoms with Gasteiger partial charge in [-0.15, -0.1) is 0 Å². The molecule has 8 heteroatoms. The lowest BCUT2D eigenvalue weighted by Crippen LogP contribution is -2.39. The highest BCUT2D eigenvalue weighted by atomic mass is 32.2. The third-order valence-corrected chi connectivity index (χ3v) is 6.13. The van der Waals surface area contributed by atoms with E-state index in [2.05, 4.69) is 5.32 Å². The summed E-state index contributed by atoms with van der Waals surface area (Å²) >= 11 is 0. The molecule has 2 rings (SSSR count). The molecule has 2 atom stereocenters. The van der Waals surface area contributed by atoms with Gasteiger partial charge in [0.05, 0.1) is 24.7 Å². The molecule has 25 heavy (non-hydrogen) atoms.